The van der Waals surface area contributed by atoms with Gasteiger partial charge in [-0.1, -0.05) is 12.2 Å². The molecule has 5 aliphatic rings. The van der Waals surface area contributed by atoms with Crippen molar-refractivity contribution in [2.24, 2.45) is 23.7 Å². The van der Waals surface area contributed by atoms with Gasteiger partial charge in [0.2, 0.25) is 0 Å². The van der Waals surface area contributed by atoms with Crippen LogP contribution >= 0.6 is 0 Å². The quantitative estimate of drug-likeness (QED) is 0.437. The fraction of sp³-hybridized carbons (Fsp3) is 0.842. The molecule has 24 heavy (non-hydrogen) atoms. The zero-order valence-electron chi connectivity index (χ0n) is 14.4. The van der Waals surface area contributed by atoms with Crippen molar-refractivity contribution in [1.82, 2.24) is 4.90 Å². The van der Waals surface area contributed by atoms with Crippen LogP contribution in [0.4, 0.5) is 0 Å². The largest absolute Gasteiger partial charge is 0.461 e. The Bertz CT molecular complexity index is 572. The van der Waals surface area contributed by atoms with E-state index >= 15 is 0 Å². The monoisotopic (exact) mass is 333 g/mol. The lowest BCUT2D eigenvalue weighted by Gasteiger charge is -2.32. The average molecular weight is 333 g/mol. The lowest BCUT2D eigenvalue weighted by atomic mass is 9.77. The Hall–Kier alpha value is -0.910. The van der Waals surface area contributed by atoms with Gasteiger partial charge in [0.25, 0.3) is 0 Å². The zero-order chi connectivity index (χ0) is 16.5. The number of rotatable bonds is 2. The Kier molecular flexibility index (Phi) is 3.39. The van der Waals surface area contributed by atoms with Crippen LogP contribution in [0.15, 0.2) is 12.2 Å². The summed E-state index contributed by atoms with van der Waals surface area (Å²) in [5, 5.41) is 0. The normalized spacial score (nSPS) is 50.7. The molecule has 5 nitrogen and oxygen atoms in total. The molecule has 0 aromatic carbocycles. The molecule has 5 heteroatoms. The van der Waals surface area contributed by atoms with Gasteiger partial charge >= 0.3 is 5.97 Å². The number of carbonyl (C=O) groups excluding carboxylic acids is 1. The Morgan fingerprint density at radius 2 is 2.12 bits per heavy atom. The smallest absolute Gasteiger partial charge is 0.310 e. The maximum Gasteiger partial charge on any atom is 0.310 e. The number of fused-ring (bicyclic) bond motifs is 5. The number of esters is 1. The maximum absolute atomic E-state index is 12.7. The molecule has 0 spiro atoms. The van der Waals surface area contributed by atoms with E-state index in [2.05, 4.69) is 18.4 Å². The first-order chi connectivity index (χ1) is 11.6. The molecule has 0 radical (unpaired) electrons. The summed E-state index contributed by atoms with van der Waals surface area (Å²) < 4.78 is 17.4. The molecule has 3 heterocycles. The van der Waals surface area contributed by atoms with E-state index in [4.69, 9.17) is 14.2 Å². The predicted molar refractivity (Wildman–Crippen MR) is 87.4 cm³/mol. The second-order valence-corrected chi connectivity index (χ2v) is 8.44. The SMILES string of the molecule is C=C1CC[C@@H]2[C@H](OC(=O)[C@@H]2CN2CCOCC2)[C@@H]2[C@H]1C[C@H]1O[C@@]21C. The number of carbonyl (C=O) groups is 1. The van der Waals surface area contributed by atoms with Crippen molar-refractivity contribution in [2.45, 2.75) is 44.0 Å². The standard InChI is InChI=1S/C19H27NO4/c1-11-3-4-12-14(10-20-5-7-22-8-6-20)18(21)23-17(12)16-13(11)9-15-19(16,2)24-15/h12-17H,1,3-10H2,2H3/t12-,13-,14+,15+,16-,17-,19+/m0/s1. The van der Waals surface area contributed by atoms with Crippen molar-refractivity contribution < 1.29 is 19.0 Å². The molecule has 0 bridgehead atoms. The summed E-state index contributed by atoms with van der Waals surface area (Å²) in [6.45, 7) is 10.8. The van der Waals surface area contributed by atoms with Crippen LogP contribution in [0.5, 0.6) is 0 Å². The van der Waals surface area contributed by atoms with Crippen molar-refractivity contribution in [3.63, 3.8) is 0 Å². The van der Waals surface area contributed by atoms with E-state index in [0.717, 1.165) is 52.1 Å². The van der Waals surface area contributed by atoms with Crippen LogP contribution in [0.2, 0.25) is 0 Å². The van der Waals surface area contributed by atoms with E-state index in [1.807, 2.05) is 0 Å². The van der Waals surface area contributed by atoms with Gasteiger partial charge in [0.1, 0.15) is 6.10 Å². The van der Waals surface area contributed by atoms with Crippen molar-refractivity contribution in [3.05, 3.63) is 12.2 Å². The Morgan fingerprint density at radius 3 is 2.92 bits per heavy atom. The summed E-state index contributed by atoms with van der Waals surface area (Å²) in [5.41, 5.74) is 1.27. The van der Waals surface area contributed by atoms with E-state index in [1.54, 1.807) is 0 Å². The van der Waals surface area contributed by atoms with Crippen LogP contribution in [0, 0.1) is 23.7 Å². The van der Waals surface area contributed by atoms with Gasteiger partial charge in [0, 0.05) is 31.5 Å². The lowest BCUT2D eigenvalue weighted by Crippen LogP contribution is -2.43. The third-order valence-corrected chi connectivity index (χ3v) is 7.27. The summed E-state index contributed by atoms with van der Waals surface area (Å²) in [5.74, 6) is 1.10. The molecule has 3 saturated heterocycles. The van der Waals surface area contributed by atoms with Crippen LogP contribution in [-0.4, -0.2) is 61.5 Å². The van der Waals surface area contributed by atoms with Crippen LogP contribution in [0.1, 0.15) is 26.2 Å². The van der Waals surface area contributed by atoms with E-state index in [0.29, 0.717) is 23.9 Å². The fourth-order valence-corrected chi connectivity index (χ4v) is 5.83. The molecular weight excluding hydrogens is 306 g/mol. The van der Waals surface area contributed by atoms with Gasteiger partial charge in [-0.15, -0.1) is 0 Å². The van der Waals surface area contributed by atoms with Gasteiger partial charge in [-0.3, -0.25) is 9.69 Å². The highest BCUT2D eigenvalue weighted by Gasteiger charge is 2.71. The summed E-state index contributed by atoms with van der Waals surface area (Å²) in [4.78, 5) is 15.0. The number of ether oxygens (including phenoxy) is 3. The number of morpholine rings is 1. The van der Waals surface area contributed by atoms with E-state index in [-0.39, 0.29) is 23.6 Å². The number of nitrogens with zero attached hydrogens (tertiary/aromatic N) is 1. The molecule has 0 N–H and O–H groups in total. The molecule has 132 valence electrons. The van der Waals surface area contributed by atoms with Gasteiger partial charge in [0.15, 0.2) is 0 Å². The first-order valence-electron chi connectivity index (χ1n) is 9.44. The van der Waals surface area contributed by atoms with E-state index < -0.39 is 0 Å². The molecule has 5 fully saturated rings. The molecule has 0 amide bonds. The summed E-state index contributed by atoms with van der Waals surface area (Å²) in [7, 11) is 0. The van der Waals surface area contributed by atoms with Crippen molar-refractivity contribution in [1.29, 1.82) is 0 Å². The van der Waals surface area contributed by atoms with Crippen LogP contribution < -0.4 is 0 Å². The lowest BCUT2D eigenvalue weighted by molar-refractivity contribution is -0.148. The van der Waals surface area contributed by atoms with Crippen LogP contribution in [-0.2, 0) is 19.0 Å². The predicted octanol–water partition coefficient (Wildman–Crippen LogP) is 1.62. The van der Waals surface area contributed by atoms with Gasteiger partial charge in [-0.05, 0) is 32.1 Å². The number of epoxide rings is 1. The third kappa shape index (κ3) is 2.14. The highest BCUT2D eigenvalue weighted by atomic mass is 16.6. The Morgan fingerprint density at radius 1 is 1.33 bits per heavy atom. The minimum absolute atomic E-state index is 0.000972. The highest BCUT2D eigenvalue weighted by Crippen LogP contribution is 2.63. The van der Waals surface area contributed by atoms with Gasteiger partial charge in [0.05, 0.1) is 30.8 Å². The second-order valence-electron chi connectivity index (χ2n) is 8.44. The number of hydrogen-bond donors (Lipinski definition) is 0. The topological polar surface area (TPSA) is 51.3 Å². The first-order valence-corrected chi connectivity index (χ1v) is 9.44. The van der Waals surface area contributed by atoms with Crippen molar-refractivity contribution in [2.75, 3.05) is 32.8 Å². The van der Waals surface area contributed by atoms with Crippen LogP contribution in [0.3, 0.4) is 0 Å². The average Bonchev–Trinajstić information content (AvgIpc) is 3.05. The summed E-state index contributed by atoms with van der Waals surface area (Å²) in [6.07, 6.45) is 3.49. The third-order valence-electron chi connectivity index (χ3n) is 7.27. The molecular formula is C19H27NO4. The summed E-state index contributed by atoms with van der Waals surface area (Å²) in [6, 6.07) is 0. The Balaban J connectivity index is 1.40. The van der Waals surface area contributed by atoms with Crippen molar-refractivity contribution >= 4 is 5.97 Å². The van der Waals surface area contributed by atoms with Gasteiger partial charge in [-0.25, -0.2) is 0 Å². The number of hydrogen-bond acceptors (Lipinski definition) is 5. The second kappa shape index (κ2) is 5.29. The summed E-state index contributed by atoms with van der Waals surface area (Å²) >= 11 is 0. The Labute approximate surface area is 143 Å². The molecule has 0 aromatic heterocycles. The van der Waals surface area contributed by atoms with Gasteiger partial charge < -0.3 is 14.2 Å². The van der Waals surface area contributed by atoms with Crippen LogP contribution in [0.25, 0.3) is 0 Å². The van der Waals surface area contributed by atoms with Crippen molar-refractivity contribution in [3.8, 4) is 0 Å². The maximum atomic E-state index is 12.7. The molecule has 0 aromatic rings. The van der Waals surface area contributed by atoms with E-state index in [1.165, 1.54) is 5.57 Å². The molecule has 2 aliphatic carbocycles. The molecule has 3 aliphatic heterocycles. The molecule has 2 saturated carbocycles. The number of allylic oxidation sites excluding steroid dienone is 1. The molecule has 0 unspecified atom stereocenters. The fourth-order valence-electron chi connectivity index (χ4n) is 5.83. The van der Waals surface area contributed by atoms with E-state index in [9.17, 15) is 4.79 Å². The molecule has 7 atom stereocenters. The first kappa shape index (κ1) is 15.4. The minimum atomic E-state index is -0.0883. The highest BCUT2D eigenvalue weighted by molar-refractivity contribution is 5.75. The minimum Gasteiger partial charge on any atom is -0.461 e. The van der Waals surface area contributed by atoms with Gasteiger partial charge in [-0.2, -0.15) is 0 Å². The zero-order valence-corrected chi connectivity index (χ0v) is 14.4. The molecule has 5 rings (SSSR count).